The van der Waals surface area contributed by atoms with E-state index in [1.165, 1.54) is 23.6 Å². The molecule has 4 aliphatic rings. The fourth-order valence-corrected chi connectivity index (χ4v) is 7.67. The molecule has 28 heavy (non-hydrogen) atoms. The fourth-order valence-electron chi connectivity index (χ4n) is 6.28. The topological polar surface area (TPSA) is 66.5 Å². The van der Waals surface area contributed by atoms with Crippen molar-refractivity contribution in [3.63, 3.8) is 0 Å². The number of amides is 1. The zero-order valence-electron chi connectivity index (χ0n) is 16.5. The third kappa shape index (κ3) is 3.78. The Morgan fingerprint density at radius 3 is 2.25 bits per heavy atom. The first-order chi connectivity index (χ1) is 13.2. The van der Waals surface area contributed by atoms with E-state index in [2.05, 4.69) is 5.32 Å². The number of carbonyl (C=O) groups excluding carboxylic acids is 1. The van der Waals surface area contributed by atoms with Crippen LogP contribution in [0.3, 0.4) is 0 Å². The molecule has 0 aromatic heterocycles. The molecule has 5 rings (SSSR count). The van der Waals surface area contributed by atoms with Crippen molar-refractivity contribution >= 4 is 33.2 Å². The smallest absolute Gasteiger partial charge is 0.244 e. The lowest BCUT2D eigenvalue weighted by Crippen LogP contribution is -2.63. The van der Waals surface area contributed by atoms with Crippen molar-refractivity contribution in [2.24, 2.45) is 17.8 Å². The molecule has 4 saturated carbocycles. The van der Waals surface area contributed by atoms with Crippen molar-refractivity contribution in [1.29, 1.82) is 0 Å². The summed E-state index contributed by atoms with van der Waals surface area (Å²) in [6, 6.07) is 5.92. The SMILES string of the molecule is CC[C@@H](C(=O)NC12CC3CC(CC(C3)C1)C2)N(c1cccc(Cl)c1)S(C)(=O)=O. The molecule has 5 nitrogen and oxygen atoms in total. The van der Waals surface area contributed by atoms with Crippen molar-refractivity contribution < 1.29 is 13.2 Å². The van der Waals surface area contributed by atoms with Crippen LogP contribution in [0, 0.1) is 17.8 Å². The van der Waals surface area contributed by atoms with Gasteiger partial charge in [0, 0.05) is 10.6 Å². The number of rotatable bonds is 6. The number of anilines is 1. The Morgan fingerprint density at radius 2 is 1.79 bits per heavy atom. The normalized spacial score (nSPS) is 32.2. The van der Waals surface area contributed by atoms with Crippen molar-refractivity contribution in [2.45, 2.75) is 63.5 Å². The summed E-state index contributed by atoms with van der Waals surface area (Å²) in [5, 5.41) is 3.78. The van der Waals surface area contributed by atoms with Crippen LogP contribution in [0.15, 0.2) is 24.3 Å². The lowest BCUT2D eigenvalue weighted by Gasteiger charge is -2.57. The largest absolute Gasteiger partial charge is 0.349 e. The van der Waals surface area contributed by atoms with Crippen LogP contribution in [0.1, 0.15) is 51.9 Å². The van der Waals surface area contributed by atoms with Gasteiger partial charge in [0.2, 0.25) is 15.9 Å². The first-order valence-corrected chi connectivity index (χ1v) is 12.5. The molecule has 0 aliphatic heterocycles. The quantitative estimate of drug-likeness (QED) is 0.751. The zero-order valence-corrected chi connectivity index (χ0v) is 18.1. The third-order valence-electron chi connectivity index (χ3n) is 6.82. The van der Waals surface area contributed by atoms with Crippen LogP contribution in [0.25, 0.3) is 0 Å². The predicted molar refractivity (Wildman–Crippen MR) is 112 cm³/mol. The molecule has 0 spiro atoms. The number of nitrogens with one attached hydrogen (secondary N) is 1. The Balaban J connectivity index is 1.60. The molecule has 1 amide bonds. The van der Waals surface area contributed by atoms with Crippen LogP contribution < -0.4 is 9.62 Å². The van der Waals surface area contributed by atoms with Gasteiger partial charge in [-0.25, -0.2) is 8.42 Å². The zero-order chi connectivity index (χ0) is 20.1. The average Bonchev–Trinajstić information content (AvgIpc) is 2.56. The van der Waals surface area contributed by atoms with Crippen molar-refractivity contribution in [3.8, 4) is 0 Å². The van der Waals surface area contributed by atoms with Crippen LogP contribution in [0.2, 0.25) is 5.02 Å². The standard InChI is InChI=1S/C21H29ClN2O3S/c1-3-19(24(28(2,26)27)18-6-4-5-17(22)10-18)20(25)23-21-11-14-7-15(12-21)9-16(8-14)13-21/h4-6,10,14-16,19H,3,7-9,11-13H2,1-2H3,(H,23,25)/t14?,15?,16?,19-,21?/m0/s1. The number of hydrogen-bond acceptors (Lipinski definition) is 3. The summed E-state index contributed by atoms with van der Waals surface area (Å²) >= 11 is 6.09. The number of sulfonamides is 1. The number of halogens is 1. The third-order valence-corrected chi connectivity index (χ3v) is 8.23. The second kappa shape index (κ2) is 7.21. The summed E-state index contributed by atoms with van der Waals surface area (Å²) in [7, 11) is -3.64. The van der Waals surface area contributed by atoms with Crippen LogP contribution in [-0.2, 0) is 14.8 Å². The van der Waals surface area contributed by atoms with Crippen LogP contribution in [0.4, 0.5) is 5.69 Å². The van der Waals surface area contributed by atoms with E-state index >= 15 is 0 Å². The van der Waals surface area contributed by atoms with Crippen molar-refractivity contribution in [3.05, 3.63) is 29.3 Å². The molecule has 0 radical (unpaired) electrons. The van der Waals surface area contributed by atoms with Gasteiger partial charge >= 0.3 is 0 Å². The molecule has 0 heterocycles. The molecule has 7 heteroatoms. The minimum Gasteiger partial charge on any atom is -0.349 e. The Kier molecular flexibility index (Phi) is 5.15. The van der Waals surface area contributed by atoms with Crippen LogP contribution >= 0.6 is 11.6 Å². The number of carbonyl (C=O) groups is 1. The van der Waals surface area contributed by atoms with Gasteiger partial charge in [-0.1, -0.05) is 24.6 Å². The minimum atomic E-state index is -3.64. The Labute approximate surface area is 172 Å². The molecule has 0 saturated heterocycles. The summed E-state index contributed by atoms with van der Waals surface area (Å²) in [6.45, 7) is 1.85. The molecule has 1 atom stereocenters. The second-order valence-corrected chi connectivity index (χ2v) is 11.4. The molecule has 0 unspecified atom stereocenters. The van der Waals surface area contributed by atoms with E-state index in [4.69, 9.17) is 11.6 Å². The number of nitrogens with zero attached hydrogens (tertiary/aromatic N) is 1. The first-order valence-electron chi connectivity index (χ1n) is 10.3. The lowest BCUT2D eigenvalue weighted by molar-refractivity contribution is -0.128. The summed E-state index contributed by atoms with van der Waals surface area (Å²) < 4.78 is 26.5. The predicted octanol–water partition coefficient (Wildman–Crippen LogP) is 3.97. The van der Waals surface area contributed by atoms with Crippen LogP contribution in [0.5, 0.6) is 0 Å². The molecular formula is C21H29ClN2O3S. The molecule has 1 aromatic carbocycles. The monoisotopic (exact) mass is 424 g/mol. The highest BCUT2D eigenvalue weighted by Crippen LogP contribution is 2.55. The molecule has 1 N–H and O–H groups in total. The highest BCUT2D eigenvalue weighted by atomic mass is 35.5. The second-order valence-electron chi connectivity index (χ2n) is 9.15. The minimum absolute atomic E-state index is 0.142. The van der Waals surface area contributed by atoms with E-state index in [-0.39, 0.29) is 11.4 Å². The summed E-state index contributed by atoms with van der Waals surface area (Å²) in [4.78, 5) is 13.4. The van der Waals surface area contributed by atoms with Gasteiger partial charge in [-0.15, -0.1) is 0 Å². The summed E-state index contributed by atoms with van der Waals surface area (Å²) in [6.07, 6.45) is 8.55. The van der Waals surface area contributed by atoms with E-state index < -0.39 is 16.1 Å². The molecule has 4 fully saturated rings. The van der Waals surface area contributed by atoms with Gasteiger partial charge in [-0.2, -0.15) is 0 Å². The van der Waals surface area contributed by atoms with Gasteiger partial charge in [-0.3, -0.25) is 9.10 Å². The maximum Gasteiger partial charge on any atom is 0.244 e. The van der Waals surface area contributed by atoms with E-state index in [1.807, 2.05) is 6.92 Å². The van der Waals surface area contributed by atoms with Gasteiger partial charge in [0.05, 0.1) is 11.9 Å². The summed E-state index contributed by atoms with van der Waals surface area (Å²) in [5.41, 5.74) is 0.291. The van der Waals surface area contributed by atoms with Crippen molar-refractivity contribution in [2.75, 3.05) is 10.6 Å². The van der Waals surface area contributed by atoms with Gasteiger partial charge in [-0.05, 0) is 80.9 Å². The van der Waals surface area contributed by atoms with Crippen LogP contribution in [-0.4, -0.2) is 32.2 Å². The van der Waals surface area contributed by atoms with E-state index in [9.17, 15) is 13.2 Å². The van der Waals surface area contributed by atoms with Gasteiger partial charge in [0.15, 0.2) is 0 Å². The Bertz CT molecular complexity index is 835. The Hall–Kier alpha value is -1.27. The highest BCUT2D eigenvalue weighted by molar-refractivity contribution is 7.92. The van der Waals surface area contributed by atoms with E-state index in [1.54, 1.807) is 24.3 Å². The highest BCUT2D eigenvalue weighted by Gasteiger charge is 2.52. The first kappa shape index (κ1) is 20.0. The van der Waals surface area contributed by atoms with E-state index in [0.29, 0.717) is 34.9 Å². The summed E-state index contributed by atoms with van der Waals surface area (Å²) in [5.74, 6) is 1.96. The van der Waals surface area contributed by atoms with Crippen molar-refractivity contribution in [1.82, 2.24) is 5.32 Å². The Morgan fingerprint density at radius 1 is 1.21 bits per heavy atom. The van der Waals surface area contributed by atoms with E-state index in [0.717, 1.165) is 25.5 Å². The molecular weight excluding hydrogens is 396 g/mol. The maximum absolute atomic E-state index is 13.4. The molecule has 4 aliphatic carbocycles. The lowest BCUT2D eigenvalue weighted by atomic mass is 9.53. The van der Waals surface area contributed by atoms with Gasteiger partial charge < -0.3 is 5.32 Å². The number of benzene rings is 1. The van der Waals surface area contributed by atoms with Gasteiger partial charge in [0.25, 0.3) is 0 Å². The molecule has 4 bridgehead atoms. The average molecular weight is 425 g/mol. The van der Waals surface area contributed by atoms with Gasteiger partial charge in [0.1, 0.15) is 6.04 Å². The molecule has 154 valence electrons. The maximum atomic E-state index is 13.4. The molecule has 1 aromatic rings. The number of hydrogen-bond donors (Lipinski definition) is 1. The fraction of sp³-hybridized carbons (Fsp3) is 0.667.